The van der Waals surface area contributed by atoms with Gasteiger partial charge in [-0.25, -0.2) is 0 Å². The molecular weight excluding hydrogens is 657 g/mol. The molecule has 2 aromatic carbocycles. The van der Waals surface area contributed by atoms with Crippen LogP contribution in [0.3, 0.4) is 0 Å². The van der Waals surface area contributed by atoms with E-state index in [1.165, 1.54) is 80.3 Å². The lowest BCUT2D eigenvalue weighted by atomic mass is 9.84. The summed E-state index contributed by atoms with van der Waals surface area (Å²) in [6.07, 6.45) is 14.4. The third-order valence-electron chi connectivity index (χ3n) is 10.9. The Morgan fingerprint density at radius 1 is 0.480 bits per heavy atom. The minimum absolute atomic E-state index is 0.305. The van der Waals surface area contributed by atoms with Crippen LogP contribution in [0.2, 0.25) is 0 Å². The Hall–Kier alpha value is -2.32. The number of aryl methyl sites for hydroxylation is 2. The summed E-state index contributed by atoms with van der Waals surface area (Å²) in [5.74, 6) is 0. The third kappa shape index (κ3) is 10.4. The van der Waals surface area contributed by atoms with Gasteiger partial charge >= 0.3 is 0 Å². The molecule has 0 amide bonds. The monoisotopic (exact) mass is 714 g/mol. The van der Waals surface area contributed by atoms with Crippen molar-refractivity contribution < 1.29 is 18.9 Å². The van der Waals surface area contributed by atoms with Gasteiger partial charge in [0.15, 0.2) is 0 Å². The predicted molar refractivity (Wildman–Crippen MR) is 212 cm³/mol. The summed E-state index contributed by atoms with van der Waals surface area (Å²) in [5.41, 5.74) is 6.11. The molecule has 6 rings (SSSR count). The Bertz CT molecular complexity index is 1420. The number of rotatable bonds is 23. The van der Waals surface area contributed by atoms with E-state index in [-0.39, 0.29) is 0 Å². The molecule has 4 aromatic rings. The molecule has 0 radical (unpaired) electrons. The number of hydrogen-bond donors (Lipinski definition) is 0. The topological polar surface area (TPSA) is 36.9 Å². The first-order valence-electron chi connectivity index (χ1n) is 19.3. The second kappa shape index (κ2) is 19.0. The first kappa shape index (κ1) is 37.4. The molecule has 270 valence electrons. The van der Waals surface area contributed by atoms with Crippen LogP contribution in [-0.4, -0.2) is 52.9 Å². The summed E-state index contributed by atoms with van der Waals surface area (Å²) in [5, 5.41) is 0. The normalized spacial score (nSPS) is 16.3. The van der Waals surface area contributed by atoms with Gasteiger partial charge in [0.1, 0.15) is 0 Å². The zero-order valence-corrected chi connectivity index (χ0v) is 32.2. The van der Waals surface area contributed by atoms with Gasteiger partial charge in [-0.3, -0.25) is 0 Å². The highest BCUT2D eigenvalue weighted by Crippen LogP contribution is 2.40. The summed E-state index contributed by atoms with van der Waals surface area (Å²) in [6, 6.07) is 27.6. The third-order valence-corrected chi connectivity index (χ3v) is 13.4. The van der Waals surface area contributed by atoms with Crippen molar-refractivity contribution in [2.45, 2.75) is 90.9 Å². The second-order valence-electron chi connectivity index (χ2n) is 14.8. The van der Waals surface area contributed by atoms with Crippen molar-refractivity contribution in [2.24, 2.45) is 10.8 Å². The molecule has 2 saturated heterocycles. The number of ether oxygens (including phenoxy) is 4. The van der Waals surface area contributed by atoms with Crippen molar-refractivity contribution in [3.05, 3.63) is 83.9 Å². The van der Waals surface area contributed by atoms with Gasteiger partial charge in [-0.2, -0.15) is 0 Å². The lowest BCUT2D eigenvalue weighted by Crippen LogP contribution is -2.45. The average molecular weight is 715 g/mol. The van der Waals surface area contributed by atoms with E-state index in [9.17, 15) is 0 Å². The number of benzene rings is 2. The standard InChI is InChI=1S/C44H58O4S2/c1-3-43(31-47-32-43)29-45-27-11-7-5-9-13-35-15-19-37(20-16-35)39-23-25-41(49-39)42-26-24-40(50-42)38-21-17-36(18-22-38)14-10-6-8-12-28-46-30-44(4-2)33-48-34-44/h15-26H,3-14,27-34H2,1-2H3. The highest BCUT2D eigenvalue weighted by Gasteiger charge is 2.37. The van der Waals surface area contributed by atoms with E-state index in [0.29, 0.717) is 10.8 Å². The average Bonchev–Trinajstić information content (AvgIpc) is 3.81. The summed E-state index contributed by atoms with van der Waals surface area (Å²) >= 11 is 3.79. The molecule has 2 aliphatic heterocycles. The van der Waals surface area contributed by atoms with E-state index in [1.807, 2.05) is 22.7 Å². The van der Waals surface area contributed by atoms with Crippen LogP contribution in [0.15, 0.2) is 72.8 Å². The Kier molecular flexibility index (Phi) is 14.2. The van der Waals surface area contributed by atoms with Crippen LogP contribution in [0.4, 0.5) is 0 Å². The van der Waals surface area contributed by atoms with Crippen LogP contribution in [-0.2, 0) is 31.8 Å². The van der Waals surface area contributed by atoms with Gasteiger partial charge in [0.05, 0.1) is 39.6 Å². The number of unbranched alkanes of at least 4 members (excludes halogenated alkanes) is 6. The fraction of sp³-hybridized carbons (Fsp3) is 0.545. The maximum Gasteiger partial charge on any atom is 0.0566 e. The molecule has 50 heavy (non-hydrogen) atoms. The molecule has 2 aliphatic rings. The van der Waals surface area contributed by atoms with Gasteiger partial charge in [0, 0.05) is 43.6 Å². The Morgan fingerprint density at radius 2 is 0.860 bits per heavy atom. The minimum Gasteiger partial charge on any atom is -0.381 e. The molecule has 6 heteroatoms. The number of thiophene rings is 2. The van der Waals surface area contributed by atoms with Crippen LogP contribution in [0, 0.1) is 10.8 Å². The summed E-state index contributed by atoms with van der Waals surface area (Å²) in [7, 11) is 0. The largest absolute Gasteiger partial charge is 0.381 e. The first-order chi connectivity index (χ1) is 24.6. The summed E-state index contributed by atoms with van der Waals surface area (Å²) in [6.45, 7) is 11.5. The van der Waals surface area contributed by atoms with Gasteiger partial charge in [0.2, 0.25) is 0 Å². The molecule has 0 atom stereocenters. The van der Waals surface area contributed by atoms with Crippen LogP contribution in [0.25, 0.3) is 30.6 Å². The molecule has 0 bridgehead atoms. The Balaban J connectivity index is 0.865. The van der Waals surface area contributed by atoms with Gasteiger partial charge < -0.3 is 18.9 Å². The molecule has 0 N–H and O–H groups in total. The highest BCUT2D eigenvalue weighted by atomic mass is 32.1. The van der Waals surface area contributed by atoms with E-state index in [0.717, 1.165) is 91.4 Å². The lowest BCUT2D eigenvalue weighted by molar-refractivity contribution is -0.150. The van der Waals surface area contributed by atoms with Gasteiger partial charge in [-0.1, -0.05) is 88.1 Å². The minimum atomic E-state index is 0.305. The van der Waals surface area contributed by atoms with E-state index >= 15 is 0 Å². The molecule has 0 saturated carbocycles. The fourth-order valence-electron chi connectivity index (χ4n) is 6.83. The van der Waals surface area contributed by atoms with Crippen molar-refractivity contribution in [2.75, 3.05) is 52.9 Å². The zero-order valence-electron chi connectivity index (χ0n) is 30.5. The van der Waals surface area contributed by atoms with Gasteiger partial charge in [-0.15, -0.1) is 22.7 Å². The first-order valence-corrected chi connectivity index (χ1v) is 20.9. The highest BCUT2D eigenvalue weighted by molar-refractivity contribution is 7.25. The smallest absolute Gasteiger partial charge is 0.0566 e. The maximum atomic E-state index is 5.96. The summed E-state index contributed by atoms with van der Waals surface area (Å²) in [4.78, 5) is 5.37. The zero-order chi connectivity index (χ0) is 34.5. The molecule has 0 spiro atoms. The van der Waals surface area contributed by atoms with Crippen LogP contribution >= 0.6 is 22.7 Å². The maximum absolute atomic E-state index is 5.96. The molecule has 0 aliphatic carbocycles. The molecule has 2 aromatic heterocycles. The molecule has 4 nitrogen and oxygen atoms in total. The van der Waals surface area contributed by atoms with Crippen molar-refractivity contribution in [3.8, 4) is 30.6 Å². The van der Waals surface area contributed by atoms with Crippen molar-refractivity contribution in [3.63, 3.8) is 0 Å². The molecule has 2 fully saturated rings. The van der Waals surface area contributed by atoms with E-state index in [2.05, 4.69) is 86.6 Å². The fourth-order valence-corrected chi connectivity index (χ4v) is 8.95. The predicted octanol–water partition coefficient (Wildman–Crippen LogP) is 11.9. The Labute approximate surface area is 309 Å². The van der Waals surface area contributed by atoms with Crippen LogP contribution in [0.1, 0.15) is 89.2 Å². The lowest BCUT2D eigenvalue weighted by Gasteiger charge is -2.40. The van der Waals surface area contributed by atoms with Crippen molar-refractivity contribution >= 4 is 22.7 Å². The SMILES string of the molecule is CCC1(COCCCCCCc2ccc(-c3ccc(-c4ccc(-c5ccc(CCCCCCOCC6(CC)COC6)cc5)s4)s3)cc2)COC1. The quantitative estimate of drug-likeness (QED) is 0.0717. The summed E-state index contributed by atoms with van der Waals surface area (Å²) < 4.78 is 22.7. The van der Waals surface area contributed by atoms with Gasteiger partial charge in [0.25, 0.3) is 0 Å². The van der Waals surface area contributed by atoms with Crippen LogP contribution < -0.4 is 0 Å². The molecular formula is C44H58O4S2. The molecule has 0 unspecified atom stereocenters. The second-order valence-corrected chi connectivity index (χ2v) is 17.0. The van der Waals surface area contributed by atoms with E-state index in [1.54, 1.807) is 0 Å². The van der Waals surface area contributed by atoms with Crippen LogP contribution in [0.5, 0.6) is 0 Å². The van der Waals surface area contributed by atoms with E-state index < -0.39 is 0 Å². The molecule has 4 heterocycles. The van der Waals surface area contributed by atoms with Crippen molar-refractivity contribution in [1.82, 2.24) is 0 Å². The van der Waals surface area contributed by atoms with E-state index in [4.69, 9.17) is 18.9 Å². The number of hydrogen-bond acceptors (Lipinski definition) is 6. The Morgan fingerprint density at radius 3 is 1.22 bits per heavy atom. The van der Waals surface area contributed by atoms with Gasteiger partial charge in [-0.05, 0) is 97.9 Å². The van der Waals surface area contributed by atoms with Crippen molar-refractivity contribution in [1.29, 1.82) is 0 Å².